The summed E-state index contributed by atoms with van der Waals surface area (Å²) in [4.78, 5) is 9.04. The fourth-order valence-electron chi connectivity index (χ4n) is 2.95. The van der Waals surface area contributed by atoms with Crippen LogP contribution in [0, 0.1) is 0 Å². The van der Waals surface area contributed by atoms with Gasteiger partial charge >= 0.3 is 0 Å². The third kappa shape index (κ3) is 7.83. The number of aliphatic hydroxyl groups excluding tert-OH is 1. The van der Waals surface area contributed by atoms with Crippen LogP contribution in [0.5, 0.6) is 5.75 Å². The zero-order valence-corrected chi connectivity index (χ0v) is 20.9. The van der Waals surface area contributed by atoms with E-state index < -0.39 is 6.10 Å². The molecule has 1 aromatic heterocycles. The van der Waals surface area contributed by atoms with Gasteiger partial charge in [-0.15, -0.1) is 24.0 Å². The summed E-state index contributed by atoms with van der Waals surface area (Å²) in [5, 5.41) is 16.9. The summed E-state index contributed by atoms with van der Waals surface area (Å²) in [7, 11) is 0. The van der Waals surface area contributed by atoms with Gasteiger partial charge in [0.1, 0.15) is 17.7 Å². The van der Waals surface area contributed by atoms with Crippen LogP contribution in [-0.2, 0) is 6.54 Å². The predicted octanol–water partition coefficient (Wildman–Crippen LogP) is 4.54. The minimum atomic E-state index is -0.673. The van der Waals surface area contributed by atoms with Gasteiger partial charge in [0.15, 0.2) is 5.96 Å². The maximum absolute atomic E-state index is 10.5. The third-order valence-electron chi connectivity index (χ3n) is 4.42. The molecule has 1 heterocycles. The molecule has 1 atom stereocenters. The summed E-state index contributed by atoms with van der Waals surface area (Å²) < 4.78 is 11.2. The molecule has 0 bridgehead atoms. The average molecular weight is 550 g/mol. The molecule has 0 amide bonds. The van der Waals surface area contributed by atoms with E-state index in [0.717, 1.165) is 22.6 Å². The highest BCUT2D eigenvalue weighted by molar-refractivity contribution is 14.0. The second-order valence-corrected chi connectivity index (χ2v) is 7.34. The summed E-state index contributed by atoms with van der Waals surface area (Å²) in [5.41, 5.74) is 2.47. The van der Waals surface area contributed by atoms with Crippen LogP contribution in [0.25, 0.3) is 11.5 Å². The zero-order chi connectivity index (χ0) is 22.1. The lowest BCUT2D eigenvalue weighted by atomic mass is 10.1. The van der Waals surface area contributed by atoms with E-state index in [4.69, 9.17) is 9.15 Å². The summed E-state index contributed by atoms with van der Waals surface area (Å²) in [6, 6.07) is 17.2. The van der Waals surface area contributed by atoms with Crippen LogP contribution in [-0.4, -0.2) is 35.2 Å². The van der Waals surface area contributed by atoms with Crippen molar-refractivity contribution in [3.8, 4) is 17.2 Å². The maximum Gasteiger partial charge on any atom is 0.226 e. The molecule has 0 saturated carbocycles. The number of rotatable bonds is 9. The van der Waals surface area contributed by atoms with Crippen molar-refractivity contribution in [1.82, 2.24) is 15.6 Å². The molecule has 0 fully saturated rings. The van der Waals surface area contributed by atoms with Gasteiger partial charge in [0.25, 0.3) is 0 Å². The lowest BCUT2D eigenvalue weighted by Gasteiger charge is -2.16. The number of ether oxygens (including phenoxy) is 1. The van der Waals surface area contributed by atoms with Gasteiger partial charge in [-0.25, -0.2) is 9.98 Å². The van der Waals surface area contributed by atoms with Crippen molar-refractivity contribution in [3.63, 3.8) is 0 Å². The summed E-state index contributed by atoms with van der Waals surface area (Å²) in [6.45, 7) is 7.35. The highest BCUT2D eigenvalue weighted by Gasteiger charge is 2.10. The topological polar surface area (TPSA) is 91.9 Å². The Morgan fingerprint density at radius 1 is 1.09 bits per heavy atom. The first-order valence-corrected chi connectivity index (χ1v) is 10.5. The van der Waals surface area contributed by atoms with Crippen molar-refractivity contribution in [2.24, 2.45) is 4.99 Å². The van der Waals surface area contributed by atoms with Crippen LogP contribution in [0.3, 0.4) is 0 Å². The monoisotopic (exact) mass is 550 g/mol. The molecule has 0 aliphatic rings. The van der Waals surface area contributed by atoms with Gasteiger partial charge in [0.05, 0.1) is 18.8 Å². The van der Waals surface area contributed by atoms with Gasteiger partial charge in [0.2, 0.25) is 5.89 Å². The van der Waals surface area contributed by atoms with E-state index in [0.29, 0.717) is 31.5 Å². The molecular weight excluding hydrogens is 519 g/mol. The number of oxazole rings is 1. The minimum absolute atomic E-state index is 0. The van der Waals surface area contributed by atoms with Crippen LogP contribution >= 0.6 is 24.0 Å². The smallest absolute Gasteiger partial charge is 0.226 e. The van der Waals surface area contributed by atoms with Gasteiger partial charge in [0, 0.05) is 18.7 Å². The van der Waals surface area contributed by atoms with Gasteiger partial charge < -0.3 is 24.9 Å². The number of aliphatic hydroxyl groups is 1. The van der Waals surface area contributed by atoms with Gasteiger partial charge in [-0.05, 0) is 50.6 Å². The Morgan fingerprint density at radius 2 is 1.81 bits per heavy atom. The molecule has 3 rings (SSSR count). The lowest BCUT2D eigenvalue weighted by molar-refractivity contribution is 0.180. The second-order valence-electron chi connectivity index (χ2n) is 7.34. The van der Waals surface area contributed by atoms with Crippen LogP contribution in [0.1, 0.15) is 38.1 Å². The molecule has 0 aliphatic heterocycles. The van der Waals surface area contributed by atoms with E-state index in [1.54, 1.807) is 6.26 Å². The largest absolute Gasteiger partial charge is 0.491 e. The first-order valence-electron chi connectivity index (χ1n) is 10.5. The van der Waals surface area contributed by atoms with Crippen molar-refractivity contribution >= 4 is 29.9 Å². The number of hydrogen-bond donors (Lipinski definition) is 3. The SMILES string of the molecule is CCNC(=NCc1coc(-c2ccccc2)n1)NCC(O)c1ccc(OC(C)C)cc1.I. The van der Waals surface area contributed by atoms with Crippen molar-refractivity contribution in [3.05, 3.63) is 72.1 Å². The fourth-order valence-corrected chi connectivity index (χ4v) is 2.95. The Hall–Kier alpha value is -2.59. The average Bonchev–Trinajstić information content (AvgIpc) is 3.25. The number of nitrogens with one attached hydrogen (secondary N) is 2. The summed E-state index contributed by atoms with van der Waals surface area (Å²) in [5.74, 6) is 1.96. The first kappa shape index (κ1) is 25.7. The van der Waals surface area contributed by atoms with E-state index >= 15 is 0 Å². The summed E-state index contributed by atoms with van der Waals surface area (Å²) in [6.07, 6.45) is 1.06. The normalized spacial score (nSPS) is 12.2. The number of nitrogens with zero attached hydrogens (tertiary/aromatic N) is 2. The molecule has 0 radical (unpaired) electrons. The molecule has 32 heavy (non-hydrogen) atoms. The standard InChI is InChI=1S/C24H30N4O3.HI/c1-4-25-24(26-14-20-16-30-23(28-20)19-8-6-5-7-9-19)27-15-22(29)18-10-12-21(13-11-18)31-17(2)3;/h5-13,16-17,22,29H,4,14-15H2,1-3H3,(H2,25,26,27);1H. The fraction of sp³-hybridized carbons (Fsp3) is 0.333. The molecule has 1 unspecified atom stereocenters. The molecular formula is C24H31IN4O3. The van der Waals surface area contributed by atoms with Gasteiger partial charge in [-0.2, -0.15) is 0 Å². The van der Waals surface area contributed by atoms with Crippen molar-refractivity contribution in [1.29, 1.82) is 0 Å². The highest BCUT2D eigenvalue weighted by atomic mass is 127. The van der Waals surface area contributed by atoms with E-state index in [9.17, 15) is 5.11 Å². The van der Waals surface area contributed by atoms with Crippen molar-refractivity contribution in [2.75, 3.05) is 13.1 Å². The molecule has 3 N–H and O–H groups in total. The number of guanidine groups is 1. The van der Waals surface area contributed by atoms with Crippen molar-refractivity contribution in [2.45, 2.75) is 39.5 Å². The number of hydrogen-bond acceptors (Lipinski definition) is 5. The predicted molar refractivity (Wildman–Crippen MR) is 137 cm³/mol. The Labute approximate surface area is 206 Å². The summed E-state index contributed by atoms with van der Waals surface area (Å²) >= 11 is 0. The highest BCUT2D eigenvalue weighted by Crippen LogP contribution is 2.19. The van der Waals surface area contributed by atoms with E-state index in [1.807, 2.05) is 75.4 Å². The number of aromatic nitrogens is 1. The first-order chi connectivity index (χ1) is 15.0. The van der Waals surface area contributed by atoms with Gasteiger partial charge in [-0.1, -0.05) is 30.3 Å². The molecule has 0 spiro atoms. The van der Waals surface area contributed by atoms with Crippen LogP contribution in [0.2, 0.25) is 0 Å². The number of aliphatic imine (C=N–C) groups is 1. The van der Waals surface area contributed by atoms with Crippen molar-refractivity contribution < 1.29 is 14.3 Å². The molecule has 0 saturated heterocycles. The molecule has 172 valence electrons. The third-order valence-corrected chi connectivity index (χ3v) is 4.42. The Bertz CT molecular complexity index is 959. The Kier molecular flexibility index (Phi) is 10.5. The molecule has 2 aromatic carbocycles. The number of halogens is 1. The lowest BCUT2D eigenvalue weighted by Crippen LogP contribution is -2.39. The Morgan fingerprint density at radius 3 is 2.47 bits per heavy atom. The van der Waals surface area contributed by atoms with E-state index in [1.165, 1.54) is 0 Å². The number of benzene rings is 2. The zero-order valence-electron chi connectivity index (χ0n) is 18.6. The molecule has 7 nitrogen and oxygen atoms in total. The quantitative estimate of drug-likeness (QED) is 0.206. The molecule has 0 aliphatic carbocycles. The maximum atomic E-state index is 10.5. The molecule has 8 heteroatoms. The van der Waals surface area contributed by atoms with Crippen LogP contribution < -0.4 is 15.4 Å². The van der Waals surface area contributed by atoms with E-state index in [-0.39, 0.29) is 30.1 Å². The minimum Gasteiger partial charge on any atom is -0.491 e. The van der Waals surface area contributed by atoms with Crippen LogP contribution in [0.4, 0.5) is 0 Å². The molecule has 3 aromatic rings. The second kappa shape index (κ2) is 13.1. The van der Waals surface area contributed by atoms with Crippen LogP contribution in [0.15, 0.2) is 70.3 Å². The van der Waals surface area contributed by atoms with E-state index in [2.05, 4.69) is 20.6 Å². The Balaban J connectivity index is 0.00000363. The van der Waals surface area contributed by atoms with Gasteiger partial charge in [-0.3, -0.25) is 0 Å².